The molecule has 1 heterocycles. The highest BCUT2D eigenvalue weighted by Crippen LogP contribution is 2.29. The van der Waals surface area contributed by atoms with E-state index in [9.17, 15) is 20.3 Å². The van der Waals surface area contributed by atoms with Crippen molar-refractivity contribution in [3.63, 3.8) is 0 Å². The molecule has 0 saturated carbocycles. The number of aryl methyl sites for hydroxylation is 2. The third-order valence-corrected chi connectivity index (χ3v) is 2.88. The fraction of sp³-hybridized carbons (Fsp3) is 0.250. The van der Waals surface area contributed by atoms with Crippen LogP contribution in [0.3, 0.4) is 0 Å². The lowest BCUT2D eigenvalue weighted by Crippen LogP contribution is -2.06. The second-order valence-electron chi connectivity index (χ2n) is 4.33. The summed E-state index contributed by atoms with van der Waals surface area (Å²) in [7, 11) is 1.59. The van der Waals surface area contributed by atoms with Gasteiger partial charge in [-0.1, -0.05) is 0 Å². The maximum atomic E-state index is 11.0. The van der Waals surface area contributed by atoms with Gasteiger partial charge < -0.3 is 15.5 Å². The van der Waals surface area contributed by atoms with Crippen LogP contribution in [0.4, 0.5) is 11.5 Å². The summed E-state index contributed by atoms with van der Waals surface area (Å²) in [4.78, 5) is 10.5. The second-order valence-corrected chi connectivity index (χ2v) is 4.33. The Bertz CT molecular complexity index is 666. The SMILES string of the molecule is Cc1nn(C)c(NCc2cc(O)ccc2O)c1[N+](=O)[O-]. The average molecular weight is 278 g/mol. The van der Waals surface area contributed by atoms with Gasteiger partial charge in [0.15, 0.2) is 0 Å². The summed E-state index contributed by atoms with van der Waals surface area (Å²) in [6, 6.07) is 4.10. The van der Waals surface area contributed by atoms with Crippen LogP contribution < -0.4 is 5.32 Å². The van der Waals surface area contributed by atoms with E-state index in [1.54, 1.807) is 14.0 Å². The zero-order valence-electron chi connectivity index (χ0n) is 11.0. The third kappa shape index (κ3) is 2.48. The first-order chi connectivity index (χ1) is 9.40. The summed E-state index contributed by atoms with van der Waals surface area (Å²) in [5.41, 5.74) is 0.630. The van der Waals surface area contributed by atoms with E-state index < -0.39 is 4.92 Å². The third-order valence-electron chi connectivity index (χ3n) is 2.88. The van der Waals surface area contributed by atoms with E-state index in [-0.39, 0.29) is 29.5 Å². The molecule has 2 aromatic rings. The molecule has 0 radical (unpaired) electrons. The largest absolute Gasteiger partial charge is 0.508 e. The van der Waals surface area contributed by atoms with Crippen LogP contribution in [-0.4, -0.2) is 24.9 Å². The lowest BCUT2D eigenvalue weighted by Gasteiger charge is -2.08. The number of nitrogens with one attached hydrogen (secondary N) is 1. The summed E-state index contributed by atoms with van der Waals surface area (Å²) in [5, 5.41) is 36.9. The first-order valence-electron chi connectivity index (χ1n) is 5.83. The minimum atomic E-state index is -0.507. The molecule has 1 aromatic heterocycles. The zero-order chi connectivity index (χ0) is 14.9. The van der Waals surface area contributed by atoms with Crippen LogP contribution in [0.25, 0.3) is 0 Å². The molecule has 8 heteroatoms. The molecular formula is C12H14N4O4. The fourth-order valence-corrected chi connectivity index (χ4v) is 1.96. The molecule has 2 rings (SSSR count). The maximum absolute atomic E-state index is 11.0. The molecule has 1 aromatic carbocycles. The van der Waals surface area contributed by atoms with E-state index >= 15 is 0 Å². The van der Waals surface area contributed by atoms with E-state index in [2.05, 4.69) is 10.4 Å². The summed E-state index contributed by atoms with van der Waals surface area (Å²) in [6.45, 7) is 1.68. The molecule has 0 atom stereocenters. The molecule has 0 amide bonds. The molecule has 0 aliphatic carbocycles. The van der Waals surface area contributed by atoms with Crippen LogP contribution in [0.2, 0.25) is 0 Å². The number of anilines is 1. The van der Waals surface area contributed by atoms with E-state index in [1.807, 2.05) is 0 Å². The average Bonchev–Trinajstić information content (AvgIpc) is 2.65. The maximum Gasteiger partial charge on any atom is 0.333 e. The van der Waals surface area contributed by atoms with Gasteiger partial charge in [-0.3, -0.25) is 10.1 Å². The Morgan fingerprint density at radius 3 is 2.80 bits per heavy atom. The Morgan fingerprint density at radius 1 is 1.45 bits per heavy atom. The lowest BCUT2D eigenvalue weighted by molar-refractivity contribution is -0.384. The van der Waals surface area contributed by atoms with Crippen LogP contribution in [0.5, 0.6) is 11.5 Å². The topological polar surface area (TPSA) is 113 Å². The number of rotatable bonds is 4. The molecule has 0 fully saturated rings. The highest BCUT2D eigenvalue weighted by molar-refractivity contribution is 5.59. The molecule has 106 valence electrons. The number of aromatic nitrogens is 2. The van der Waals surface area contributed by atoms with Crippen molar-refractivity contribution < 1.29 is 15.1 Å². The standard InChI is InChI=1S/C12H14N4O4/c1-7-11(16(19)20)12(15(2)14-7)13-6-8-5-9(17)3-4-10(8)18/h3-5,13,17-18H,6H2,1-2H3. The summed E-state index contributed by atoms with van der Waals surface area (Å²) in [6.07, 6.45) is 0. The van der Waals surface area contributed by atoms with Crippen LogP contribution in [0, 0.1) is 17.0 Å². The van der Waals surface area contributed by atoms with Crippen molar-refractivity contribution in [1.82, 2.24) is 9.78 Å². The predicted molar refractivity (Wildman–Crippen MR) is 71.7 cm³/mol. The van der Waals surface area contributed by atoms with E-state index in [0.29, 0.717) is 11.3 Å². The van der Waals surface area contributed by atoms with Crippen LogP contribution in [0.1, 0.15) is 11.3 Å². The molecule has 0 bridgehead atoms. The van der Waals surface area contributed by atoms with E-state index in [1.165, 1.54) is 22.9 Å². The number of hydrogen-bond acceptors (Lipinski definition) is 6. The Kier molecular flexibility index (Phi) is 3.47. The Labute approximate surface area is 114 Å². The van der Waals surface area contributed by atoms with Crippen molar-refractivity contribution in [2.24, 2.45) is 7.05 Å². The highest BCUT2D eigenvalue weighted by Gasteiger charge is 2.23. The molecule has 0 aliphatic rings. The quantitative estimate of drug-likeness (QED) is 0.445. The molecular weight excluding hydrogens is 264 g/mol. The molecule has 8 nitrogen and oxygen atoms in total. The predicted octanol–water partition coefficient (Wildman–Crippen LogP) is 1.66. The summed E-state index contributed by atoms with van der Waals surface area (Å²) < 4.78 is 1.37. The van der Waals surface area contributed by atoms with Crippen molar-refractivity contribution in [3.05, 3.63) is 39.6 Å². The van der Waals surface area contributed by atoms with Crippen LogP contribution in [0.15, 0.2) is 18.2 Å². The number of phenolic OH excluding ortho intramolecular Hbond substituents is 2. The summed E-state index contributed by atoms with van der Waals surface area (Å²) >= 11 is 0. The van der Waals surface area contributed by atoms with Gasteiger partial charge in [-0.2, -0.15) is 5.10 Å². The molecule has 0 unspecified atom stereocenters. The van der Waals surface area contributed by atoms with Gasteiger partial charge in [0.05, 0.1) is 4.92 Å². The first-order valence-corrected chi connectivity index (χ1v) is 5.83. The van der Waals surface area contributed by atoms with Crippen molar-refractivity contribution in [1.29, 1.82) is 0 Å². The minimum absolute atomic E-state index is 0.00292. The zero-order valence-corrected chi connectivity index (χ0v) is 11.0. The first kappa shape index (κ1) is 13.7. The van der Waals surface area contributed by atoms with Gasteiger partial charge in [-0.15, -0.1) is 0 Å². The van der Waals surface area contributed by atoms with Gasteiger partial charge in [0.25, 0.3) is 0 Å². The fourth-order valence-electron chi connectivity index (χ4n) is 1.96. The minimum Gasteiger partial charge on any atom is -0.508 e. The van der Waals surface area contributed by atoms with Gasteiger partial charge in [0.2, 0.25) is 5.82 Å². The molecule has 0 aliphatic heterocycles. The number of benzene rings is 1. The number of nitrogens with zero attached hydrogens (tertiary/aromatic N) is 3. The van der Waals surface area contributed by atoms with Crippen molar-refractivity contribution in [3.8, 4) is 11.5 Å². The monoisotopic (exact) mass is 278 g/mol. The van der Waals surface area contributed by atoms with Crippen molar-refractivity contribution in [2.45, 2.75) is 13.5 Å². The van der Waals surface area contributed by atoms with E-state index in [0.717, 1.165) is 0 Å². The lowest BCUT2D eigenvalue weighted by atomic mass is 10.2. The second kappa shape index (κ2) is 5.08. The van der Waals surface area contributed by atoms with Gasteiger partial charge in [-0.05, 0) is 25.1 Å². The van der Waals surface area contributed by atoms with Crippen LogP contribution in [-0.2, 0) is 13.6 Å². The van der Waals surface area contributed by atoms with Crippen LogP contribution >= 0.6 is 0 Å². The summed E-state index contributed by atoms with van der Waals surface area (Å²) in [5.74, 6) is 0.252. The molecule has 20 heavy (non-hydrogen) atoms. The van der Waals surface area contributed by atoms with Gasteiger partial charge >= 0.3 is 5.69 Å². The normalized spacial score (nSPS) is 10.5. The molecule has 3 N–H and O–H groups in total. The van der Waals surface area contributed by atoms with Gasteiger partial charge in [0, 0.05) is 19.2 Å². The van der Waals surface area contributed by atoms with Gasteiger partial charge in [0.1, 0.15) is 17.2 Å². The number of aromatic hydroxyl groups is 2. The number of phenols is 2. The number of nitro groups is 1. The molecule has 0 saturated heterocycles. The van der Waals surface area contributed by atoms with Crippen molar-refractivity contribution >= 4 is 11.5 Å². The highest BCUT2D eigenvalue weighted by atomic mass is 16.6. The van der Waals surface area contributed by atoms with Crippen molar-refractivity contribution in [2.75, 3.05) is 5.32 Å². The van der Waals surface area contributed by atoms with Gasteiger partial charge in [-0.25, -0.2) is 4.68 Å². The number of hydrogen-bond donors (Lipinski definition) is 3. The smallest absolute Gasteiger partial charge is 0.333 e. The van der Waals surface area contributed by atoms with E-state index in [4.69, 9.17) is 0 Å². The molecule has 0 spiro atoms. The Balaban J connectivity index is 2.27. The Hall–Kier alpha value is -2.77. The Morgan fingerprint density at radius 2 is 2.15 bits per heavy atom.